The summed E-state index contributed by atoms with van der Waals surface area (Å²) in [7, 11) is 2.44. The number of hydrogen-bond acceptors (Lipinski definition) is 6. The van der Waals surface area contributed by atoms with Crippen LogP contribution in [0.2, 0.25) is 0 Å². The molecule has 0 aromatic heterocycles. The maximum absolute atomic E-state index is 13.3. The van der Waals surface area contributed by atoms with Crippen LogP contribution in [0.4, 0.5) is 5.69 Å². The molecule has 1 N–H and O–H groups in total. The third-order valence-electron chi connectivity index (χ3n) is 5.27. The highest BCUT2D eigenvalue weighted by atomic mass is 16.5. The van der Waals surface area contributed by atoms with Gasteiger partial charge in [0.2, 0.25) is 0 Å². The van der Waals surface area contributed by atoms with Gasteiger partial charge in [0.15, 0.2) is 0 Å². The van der Waals surface area contributed by atoms with Gasteiger partial charge in [-0.3, -0.25) is 4.79 Å². The fourth-order valence-corrected chi connectivity index (χ4v) is 3.96. The molecule has 0 aliphatic carbocycles. The smallest absolute Gasteiger partial charge is 0.354 e. The minimum Gasteiger partial charge on any atom is -0.466 e. The van der Waals surface area contributed by atoms with E-state index in [0.29, 0.717) is 11.3 Å². The second-order valence-corrected chi connectivity index (χ2v) is 8.39. The first-order chi connectivity index (χ1) is 13.5. The standard InChI is InChI=1S/C22H30N2O5/c1-21(2)12-7-13-22(3,4)24(21)19(26)15-8-10-16(11-9-15)23-17(20(27)29-6)14-18(25)28-5/h8-11,14,23H,7,12-13H2,1-6H3/b17-14+. The number of nitrogens with one attached hydrogen (secondary N) is 1. The molecule has 1 aliphatic rings. The highest BCUT2D eigenvalue weighted by Crippen LogP contribution is 2.39. The molecular weight excluding hydrogens is 372 g/mol. The quantitative estimate of drug-likeness (QED) is 0.599. The molecule has 0 bridgehead atoms. The number of anilines is 1. The van der Waals surface area contributed by atoms with Crippen molar-refractivity contribution < 1.29 is 23.9 Å². The van der Waals surface area contributed by atoms with Gasteiger partial charge in [0.05, 0.1) is 20.3 Å². The first-order valence-electron chi connectivity index (χ1n) is 9.61. The topological polar surface area (TPSA) is 84.9 Å². The first kappa shape index (κ1) is 22.5. The van der Waals surface area contributed by atoms with Crippen LogP contribution in [-0.4, -0.2) is 48.0 Å². The second-order valence-electron chi connectivity index (χ2n) is 8.39. The molecule has 7 nitrogen and oxygen atoms in total. The lowest BCUT2D eigenvalue weighted by Crippen LogP contribution is -2.60. The Hall–Kier alpha value is -2.83. The number of ether oxygens (including phenoxy) is 2. The molecule has 1 heterocycles. The summed E-state index contributed by atoms with van der Waals surface area (Å²) in [4.78, 5) is 38.6. The van der Waals surface area contributed by atoms with Gasteiger partial charge in [0.25, 0.3) is 5.91 Å². The van der Waals surface area contributed by atoms with Gasteiger partial charge in [0, 0.05) is 22.3 Å². The molecule has 2 rings (SSSR count). The van der Waals surface area contributed by atoms with E-state index in [2.05, 4.69) is 42.5 Å². The van der Waals surface area contributed by atoms with Crippen molar-refractivity contribution in [2.45, 2.75) is 58.0 Å². The van der Waals surface area contributed by atoms with Gasteiger partial charge >= 0.3 is 11.9 Å². The Morgan fingerprint density at radius 3 is 2.00 bits per heavy atom. The van der Waals surface area contributed by atoms with Crippen molar-refractivity contribution in [3.63, 3.8) is 0 Å². The third kappa shape index (κ3) is 5.16. The van der Waals surface area contributed by atoms with Crippen LogP contribution in [0.25, 0.3) is 0 Å². The zero-order chi connectivity index (χ0) is 21.8. The lowest BCUT2D eigenvalue weighted by atomic mass is 9.79. The maximum Gasteiger partial charge on any atom is 0.354 e. The lowest BCUT2D eigenvalue weighted by Gasteiger charge is -2.53. The fraction of sp³-hybridized carbons (Fsp3) is 0.500. The number of rotatable bonds is 5. The number of methoxy groups -OCH3 is 2. The molecule has 0 unspecified atom stereocenters. The van der Waals surface area contributed by atoms with E-state index in [1.807, 2.05) is 4.90 Å². The van der Waals surface area contributed by atoms with E-state index < -0.39 is 11.9 Å². The third-order valence-corrected chi connectivity index (χ3v) is 5.27. The molecule has 1 aromatic carbocycles. The molecule has 0 spiro atoms. The molecule has 1 saturated heterocycles. The van der Waals surface area contributed by atoms with E-state index in [1.165, 1.54) is 14.2 Å². The number of hydrogen-bond donors (Lipinski definition) is 1. The molecular formula is C22H30N2O5. The van der Waals surface area contributed by atoms with Gasteiger partial charge < -0.3 is 19.7 Å². The Kier molecular flexibility index (Phi) is 6.72. The van der Waals surface area contributed by atoms with E-state index in [9.17, 15) is 14.4 Å². The predicted molar refractivity (Wildman–Crippen MR) is 110 cm³/mol. The van der Waals surface area contributed by atoms with E-state index in [4.69, 9.17) is 0 Å². The van der Waals surface area contributed by atoms with E-state index in [0.717, 1.165) is 25.3 Å². The summed E-state index contributed by atoms with van der Waals surface area (Å²) in [5.74, 6) is -1.41. The summed E-state index contributed by atoms with van der Waals surface area (Å²) in [6.07, 6.45) is 4.03. The van der Waals surface area contributed by atoms with Crippen LogP contribution in [0.5, 0.6) is 0 Å². The number of piperidine rings is 1. The maximum atomic E-state index is 13.3. The van der Waals surface area contributed by atoms with Gasteiger partial charge in [-0.25, -0.2) is 9.59 Å². The monoisotopic (exact) mass is 402 g/mol. The molecule has 7 heteroatoms. The summed E-state index contributed by atoms with van der Waals surface area (Å²) >= 11 is 0. The Morgan fingerprint density at radius 1 is 0.966 bits per heavy atom. The largest absolute Gasteiger partial charge is 0.466 e. The van der Waals surface area contributed by atoms with Crippen LogP contribution in [0, 0.1) is 0 Å². The first-order valence-corrected chi connectivity index (χ1v) is 9.61. The number of likely N-dealkylation sites (tertiary alicyclic amines) is 1. The minimum atomic E-state index is -0.702. The lowest BCUT2D eigenvalue weighted by molar-refractivity contribution is -0.138. The molecule has 1 fully saturated rings. The molecule has 0 saturated carbocycles. The van der Waals surface area contributed by atoms with Crippen LogP contribution >= 0.6 is 0 Å². The highest BCUT2D eigenvalue weighted by Gasteiger charge is 2.44. The van der Waals surface area contributed by atoms with Crippen molar-refractivity contribution in [1.29, 1.82) is 0 Å². The summed E-state index contributed by atoms with van der Waals surface area (Å²) in [5.41, 5.74) is 0.597. The number of nitrogens with zero attached hydrogens (tertiary/aromatic N) is 1. The molecule has 0 radical (unpaired) electrons. The molecule has 1 aliphatic heterocycles. The van der Waals surface area contributed by atoms with Gasteiger partial charge in [-0.2, -0.15) is 0 Å². The average molecular weight is 402 g/mol. The Labute approximate surface area is 172 Å². The number of amides is 1. The summed E-state index contributed by atoms with van der Waals surface area (Å²) < 4.78 is 9.24. The van der Waals surface area contributed by atoms with Gasteiger partial charge in [-0.1, -0.05) is 0 Å². The zero-order valence-electron chi connectivity index (χ0n) is 18.0. The Balaban J connectivity index is 2.25. The predicted octanol–water partition coefficient (Wildman–Crippen LogP) is 3.51. The molecule has 29 heavy (non-hydrogen) atoms. The summed E-state index contributed by atoms with van der Waals surface area (Å²) in [6.45, 7) is 8.40. The van der Waals surface area contributed by atoms with Crippen molar-refractivity contribution in [2.24, 2.45) is 0 Å². The van der Waals surface area contributed by atoms with Crippen LogP contribution in [0.1, 0.15) is 57.3 Å². The minimum absolute atomic E-state index is 0.0236. The molecule has 0 atom stereocenters. The Morgan fingerprint density at radius 2 is 1.52 bits per heavy atom. The van der Waals surface area contributed by atoms with Crippen molar-refractivity contribution in [1.82, 2.24) is 4.90 Å². The number of benzene rings is 1. The highest BCUT2D eigenvalue weighted by molar-refractivity contribution is 5.99. The van der Waals surface area contributed by atoms with Crippen molar-refractivity contribution >= 4 is 23.5 Å². The molecule has 1 amide bonds. The number of carbonyl (C=O) groups excluding carboxylic acids is 3. The fourth-order valence-electron chi connectivity index (χ4n) is 3.96. The van der Waals surface area contributed by atoms with Crippen LogP contribution < -0.4 is 5.32 Å². The van der Waals surface area contributed by atoms with Gasteiger partial charge in [0.1, 0.15) is 5.70 Å². The summed E-state index contributed by atoms with van der Waals surface area (Å²) in [6, 6.07) is 6.79. The van der Waals surface area contributed by atoms with E-state index >= 15 is 0 Å². The van der Waals surface area contributed by atoms with Crippen LogP contribution in [0.15, 0.2) is 36.0 Å². The SMILES string of the molecule is COC(=O)/C=C(/Nc1ccc(C(=O)N2C(C)(C)CCCC2(C)C)cc1)C(=O)OC. The Bertz CT molecular complexity index is 793. The summed E-state index contributed by atoms with van der Waals surface area (Å²) in [5, 5.41) is 2.83. The van der Waals surface area contributed by atoms with Crippen LogP contribution in [-0.2, 0) is 19.1 Å². The van der Waals surface area contributed by atoms with E-state index in [-0.39, 0.29) is 22.7 Å². The zero-order valence-corrected chi connectivity index (χ0v) is 18.0. The second kappa shape index (κ2) is 8.68. The van der Waals surface area contributed by atoms with Crippen molar-refractivity contribution in [3.05, 3.63) is 41.6 Å². The van der Waals surface area contributed by atoms with E-state index in [1.54, 1.807) is 24.3 Å². The van der Waals surface area contributed by atoms with Gasteiger partial charge in [-0.05, 0) is 71.2 Å². The molecule has 1 aromatic rings. The van der Waals surface area contributed by atoms with Gasteiger partial charge in [-0.15, -0.1) is 0 Å². The van der Waals surface area contributed by atoms with Crippen LogP contribution in [0.3, 0.4) is 0 Å². The molecule has 158 valence electrons. The average Bonchev–Trinajstić information content (AvgIpc) is 2.65. The number of carbonyl (C=O) groups is 3. The normalized spacial score (nSPS) is 18.0. The van der Waals surface area contributed by atoms with Crippen molar-refractivity contribution in [3.8, 4) is 0 Å². The van der Waals surface area contributed by atoms with Crippen molar-refractivity contribution in [2.75, 3.05) is 19.5 Å². The number of esters is 2.